The van der Waals surface area contributed by atoms with Crippen molar-refractivity contribution < 1.29 is 28.6 Å². The van der Waals surface area contributed by atoms with Gasteiger partial charge in [-0.1, -0.05) is 6.07 Å². The summed E-state index contributed by atoms with van der Waals surface area (Å²) in [5.74, 6) is -2.08. The number of aromatic carboxylic acids is 1. The number of carbonyl (C=O) groups excluding carboxylic acids is 2. The van der Waals surface area contributed by atoms with Crippen LogP contribution in [0.1, 0.15) is 25.8 Å². The number of nitrogens with one attached hydrogen (secondary N) is 2. The number of anilines is 1. The first-order valence-electron chi connectivity index (χ1n) is 8.30. The molecule has 0 atom stereocenters. The van der Waals surface area contributed by atoms with Crippen LogP contribution in [0.25, 0.3) is 6.08 Å². The summed E-state index contributed by atoms with van der Waals surface area (Å²) in [6.45, 7) is 0. The summed E-state index contributed by atoms with van der Waals surface area (Å²) >= 11 is 1.38. The summed E-state index contributed by atoms with van der Waals surface area (Å²) in [5, 5.41) is 16.1. The molecule has 0 bridgehead atoms. The molecule has 0 unspecified atom stereocenters. The van der Waals surface area contributed by atoms with Gasteiger partial charge in [0.15, 0.2) is 5.76 Å². The number of hydrogen-bond donors (Lipinski definition) is 3. The zero-order valence-corrected chi connectivity index (χ0v) is 16.0. The van der Waals surface area contributed by atoms with Crippen LogP contribution in [0.15, 0.2) is 64.2 Å². The second-order valence-corrected chi connectivity index (χ2v) is 6.66. The molecule has 0 radical (unpaired) electrons. The molecular formula is C20H16N2O6S. The van der Waals surface area contributed by atoms with E-state index in [9.17, 15) is 19.5 Å². The summed E-state index contributed by atoms with van der Waals surface area (Å²) in [5.41, 5.74) is 0.0860. The molecule has 3 N–H and O–H groups in total. The van der Waals surface area contributed by atoms with Gasteiger partial charge in [0.05, 0.1) is 24.6 Å². The van der Waals surface area contributed by atoms with Crippen LogP contribution in [0.4, 0.5) is 5.69 Å². The molecule has 3 rings (SSSR count). The summed E-state index contributed by atoms with van der Waals surface area (Å²) in [7, 11) is 1.40. The number of amides is 2. The monoisotopic (exact) mass is 412 g/mol. The van der Waals surface area contributed by atoms with E-state index < -0.39 is 17.8 Å². The van der Waals surface area contributed by atoms with Crippen molar-refractivity contribution >= 4 is 40.9 Å². The van der Waals surface area contributed by atoms with E-state index in [1.165, 1.54) is 55.1 Å². The van der Waals surface area contributed by atoms with Crippen molar-refractivity contribution in [3.8, 4) is 5.75 Å². The second-order valence-electron chi connectivity index (χ2n) is 5.68. The van der Waals surface area contributed by atoms with Gasteiger partial charge in [0.2, 0.25) is 0 Å². The second kappa shape index (κ2) is 8.89. The Morgan fingerprint density at radius 1 is 1.17 bits per heavy atom. The van der Waals surface area contributed by atoms with Gasteiger partial charge in [-0.2, -0.15) is 0 Å². The highest BCUT2D eigenvalue weighted by atomic mass is 32.1. The first-order valence-corrected chi connectivity index (χ1v) is 9.18. The van der Waals surface area contributed by atoms with Crippen molar-refractivity contribution in [2.75, 3.05) is 12.4 Å². The number of carboxylic acids is 1. The minimum atomic E-state index is -1.15. The van der Waals surface area contributed by atoms with Gasteiger partial charge in [0.25, 0.3) is 11.8 Å². The summed E-state index contributed by atoms with van der Waals surface area (Å²) < 4.78 is 10.2. The maximum absolute atomic E-state index is 12.9. The average molecular weight is 412 g/mol. The van der Waals surface area contributed by atoms with Gasteiger partial charge in [0.1, 0.15) is 11.4 Å². The van der Waals surface area contributed by atoms with Crippen LogP contribution in [-0.2, 0) is 4.79 Å². The Bertz CT molecular complexity index is 1050. The smallest absolute Gasteiger partial charge is 0.335 e. The van der Waals surface area contributed by atoms with E-state index >= 15 is 0 Å². The van der Waals surface area contributed by atoms with Gasteiger partial charge >= 0.3 is 5.97 Å². The van der Waals surface area contributed by atoms with Crippen molar-refractivity contribution in [1.29, 1.82) is 0 Å². The normalized spacial score (nSPS) is 11.0. The average Bonchev–Trinajstić information content (AvgIpc) is 3.41. The van der Waals surface area contributed by atoms with Gasteiger partial charge in [-0.05, 0) is 47.9 Å². The van der Waals surface area contributed by atoms with E-state index in [-0.39, 0.29) is 28.5 Å². The van der Waals surface area contributed by atoms with Crippen molar-refractivity contribution in [2.24, 2.45) is 0 Å². The Labute approximate surface area is 169 Å². The number of ether oxygens (including phenoxy) is 1. The number of furan rings is 1. The fourth-order valence-corrected chi connectivity index (χ4v) is 3.05. The van der Waals surface area contributed by atoms with Crippen LogP contribution in [-0.4, -0.2) is 30.0 Å². The molecule has 1 aromatic carbocycles. The topological polar surface area (TPSA) is 118 Å². The molecule has 0 saturated carbocycles. The number of thiophene rings is 1. The lowest BCUT2D eigenvalue weighted by Crippen LogP contribution is -2.30. The zero-order chi connectivity index (χ0) is 20.8. The highest BCUT2D eigenvalue weighted by Gasteiger charge is 2.19. The van der Waals surface area contributed by atoms with E-state index in [2.05, 4.69) is 10.6 Å². The standard InChI is InChI=1S/C20H16N2O6S/c1-27-16-7-6-12(20(25)26)10-14(16)21-18(23)15(11-13-4-3-9-29-13)22-19(24)17-5-2-8-28-17/h2-11H,1H3,(H,21,23)(H,22,24)(H,25,26). The molecule has 0 aliphatic carbocycles. The number of carbonyl (C=O) groups is 3. The van der Waals surface area contributed by atoms with Crippen LogP contribution in [0.5, 0.6) is 5.75 Å². The van der Waals surface area contributed by atoms with E-state index in [1.54, 1.807) is 18.2 Å². The first kappa shape index (κ1) is 19.9. The van der Waals surface area contributed by atoms with Crippen molar-refractivity contribution in [2.45, 2.75) is 0 Å². The van der Waals surface area contributed by atoms with Gasteiger partial charge < -0.3 is 24.9 Å². The molecule has 0 fully saturated rings. The highest BCUT2D eigenvalue weighted by molar-refractivity contribution is 7.10. The Kier molecular flexibility index (Phi) is 6.10. The van der Waals surface area contributed by atoms with E-state index in [1.807, 2.05) is 5.38 Å². The van der Waals surface area contributed by atoms with Crippen LogP contribution in [0, 0.1) is 0 Å². The van der Waals surface area contributed by atoms with Crippen LogP contribution >= 0.6 is 11.3 Å². The maximum Gasteiger partial charge on any atom is 0.335 e. The predicted octanol–water partition coefficient (Wildman–Crippen LogP) is 3.46. The molecule has 2 aromatic heterocycles. The largest absolute Gasteiger partial charge is 0.495 e. The Hall–Kier alpha value is -3.85. The third kappa shape index (κ3) is 4.90. The molecule has 0 saturated heterocycles. The molecule has 0 aliphatic heterocycles. The Morgan fingerprint density at radius 2 is 2.00 bits per heavy atom. The molecule has 3 aromatic rings. The lowest BCUT2D eigenvalue weighted by molar-refractivity contribution is -0.113. The molecule has 8 nitrogen and oxygen atoms in total. The Balaban J connectivity index is 1.90. The van der Waals surface area contributed by atoms with Crippen molar-refractivity contribution in [1.82, 2.24) is 5.32 Å². The third-order valence-electron chi connectivity index (χ3n) is 3.76. The van der Waals surface area contributed by atoms with Gasteiger partial charge in [-0.15, -0.1) is 11.3 Å². The summed E-state index contributed by atoms with van der Waals surface area (Å²) in [6, 6.07) is 10.7. The van der Waals surface area contributed by atoms with Crippen LogP contribution < -0.4 is 15.4 Å². The molecular weight excluding hydrogens is 396 g/mol. The third-order valence-corrected chi connectivity index (χ3v) is 4.58. The van der Waals surface area contributed by atoms with Gasteiger partial charge in [-0.3, -0.25) is 9.59 Å². The molecule has 0 aliphatic rings. The first-order chi connectivity index (χ1) is 14.0. The van der Waals surface area contributed by atoms with Crippen molar-refractivity contribution in [3.63, 3.8) is 0 Å². The summed E-state index contributed by atoms with van der Waals surface area (Å²) in [4.78, 5) is 37.2. The maximum atomic E-state index is 12.9. The predicted molar refractivity (Wildman–Crippen MR) is 107 cm³/mol. The van der Waals surface area contributed by atoms with Gasteiger partial charge in [-0.25, -0.2) is 4.79 Å². The zero-order valence-electron chi connectivity index (χ0n) is 15.2. The number of rotatable bonds is 7. The fraction of sp³-hybridized carbons (Fsp3) is 0.0500. The minimum Gasteiger partial charge on any atom is -0.495 e. The molecule has 29 heavy (non-hydrogen) atoms. The van der Waals surface area contributed by atoms with Gasteiger partial charge in [0, 0.05) is 4.88 Å². The SMILES string of the molecule is COc1ccc(C(=O)O)cc1NC(=O)C(=Cc1cccs1)NC(=O)c1ccco1. The lowest BCUT2D eigenvalue weighted by atomic mass is 10.2. The fourth-order valence-electron chi connectivity index (χ4n) is 2.39. The summed E-state index contributed by atoms with van der Waals surface area (Å²) in [6.07, 6.45) is 2.86. The number of hydrogen-bond acceptors (Lipinski definition) is 6. The lowest BCUT2D eigenvalue weighted by Gasteiger charge is -2.13. The van der Waals surface area contributed by atoms with E-state index in [0.29, 0.717) is 0 Å². The van der Waals surface area contributed by atoms with Crippen molar-refractivity contribution in [3.05, 3.63) is 76.0 Å². The van der Waals surface area contributed by atoms with Crippen LogP contribution in [0.2, 0.25) is 0 Å². The quantitative estimate of drug-likeness (QED) is 0.512. The number of carboxylic acid groups (broad SMARTS) is 1. The molecule has 148 valence electrons. The number of methoxy groups -OCH3 is 1. The Morgan fingerprint density at radius 3 is 2.62 bits per heavy atom. The molecule has 2 heterocycles. The van der Waals surface area contributed by atoms with E-state index in [4.69, 9.17) is 9.15 Å². The minimum absolute atomic E-state index is 0.0236. The highest BCUT2D eigenvalue weighted by Crippen LogP contribution is 2.26. The van der Waals surface area contributed by atoms with E-state index in [0.717, 1.165) is 4.88 Å². The molecule has 9 heteroatoms. The molecule has 0 spiro atoms. The number of benzene rings is 1. The van der Waals surface area contributed by atoms with Crippen LogP contribution in [0.3, 0.4) is 0 Å². The molecule has 2 amide bonds.